The molecule has 0 aromatic rings. The third-order valence-corrected chi connectivity index (χ3v) is 2.07. The Morgan fingerprint density at radius 3 is 3.07 bits per heavy atom. The normalized spacial score (nSPS) is 23.5. The Morgan fingerprint density at radius 1 is 1.67 bits per heavy atom. The van der Waals surface area contributed by atoms with Crippen molar-refractivity contribution in [2.75, 3.05) is 40.1 Å². The van der Waals surface area contributed by atoms with E-state index < -0.39 is 6.04 Å². The number of nitrogens with one attached hydrogen (secondary N) is 1. The minimum Gasteiger partial charge on any atom is -0.383 e. The van der Waals surface area contributed by atoms with E-state index >= 15 is 0 Å². The molecule has 0 bridgehead atoms. The maximum Gasteiger partial charge on any atom is 0.239 e. The van der Waals surface area contributed by atoms with Crippen LogP contribution in [0.15, 0.2) is 0 Å². The van der Waals surface area contributed by atoms with Gasteiger partial charge in [-0.2, -0.15) is 0 Å². The van der Waals surface area contributed by atoms with Gasteiger partial charge in [-0.15, -0.1) is 0 Å². The third kappa shape index (κ3) is 4.57. The summed E-state index contributed by atoms with van der Waals surface area (Å²) >= 11 is 0. The smallest absolute Gasteiger partial charge is 0.239 e. The molecule has 0 aromatic carbocycles. The highest BCUT2D eigenvalue weighted by Crippen LogP contribution is 1.98. The van der Waals surface area contributed by atoms with Crippen molar-refractivity contribution in [3.05, 3.63) is 0 Å². The summed E-state index contributed by atoms with van der Waals surface area (Å²) < 4.78 is 15.3. The molecule has 2 atom stereocenters. The van der Waals surface area contributed by atoms with E-state index in [1.54, 1.807) is 0 Å². The molecule has 6 heteroatoms. The Labute approximate surface area is 89.0 Å². The van der Waals surface area contributed by atoms with Crippen molar-refractivity contribution in [1.82, 2.24) is 5.32 Å². The van der Waals surface area contributed by atoms with Gasteiger partial charge in [-0.3, -0.25) is 4.79 Å². The number of nitrogens with two attached hydrogens (primary N) is 1. The van der Waals surface area contributed by atoms with Crippen LogP contribution in [0.1, 0.15) is 0 Å². The van der Waals surface area contributed by atoms with Gasteiger partial charge in [0.2, 0.25) is 5.91 Å². The van der Waals surface area contributed by atoms with Crippen LogP contribution in [0.25, 0.3) is 0 Å². The number of hydrogen-bond acceptors (Lipinski definition) is 5. The molecule has 6 nitrogen and oxygen atoms in total. The molecule has 1 fully saturated rings. The topological polar surface area (TPSA) is 82.8 Å². The predicted octanol–water partition coefficient (Wildman–Crippen LogP) is -1.51. The van der Waals surface area contributed by atoms with Crippen molar-refractivity contribution in [3.8, 4) is 0 Å². The van der Waals surface area contributed by atoms with E-state index in [1.807, 2.05) is 0 Å². The van der Waals surface area contributed by atoms with E-state index in [-0.39, 0.29) is 18.6 Å². The van der Waals surface area contributed by atoms with Crippen LogP contribution < -0.4 is 11.1 Å². The fourth-order valence-corrected chi connectivity index (χ4v) is 1.26. The fraction of sp³-hybridized carbons (Fsp3) is 0.889. The quantitative estimate of drug-likeness (QED) is 0.586. The van der Waals surface area contributed by atoms with Crippen LogP contribution in [-0.2, 0) is 19.0 Å². The molecule has 0 saturated carbocycles. The molecule has 88 valence electrons. The molecule has 0 aliphatic carbocycles. The van der Waals surface area contributed by atoms with Gasteiger partial charge in [0.25, 0.3) is 0 Å². The van der Waals surface area contributed by atoms with Gasteiger partial charge in [-0.25, -0.2) is 0 Å². The van der Waals surface area contributed by atoms with E-state index in [2.05, 4.69) is 5.32 Å². The highest BCUT2D eigenvalue weighted by molar-refractivity contribution is 5.81. The maximum absolute atomic E-state index is 11.4. The number of methoxy groups -OCH3 is 1. The minimum absolute atomic E-state index is 0.0718. The van der Waals surface area contributed by atoms with Gasteiger partial charge in [-0.05, 0) is 0 Å². The molecule has 0 aromatic heterocycles. The summed E-state index contributed by atoms with van der Waals surface area (Å²) in [5.74, 6) is -0.231. The zero-order chi connectivity index (χ0) is 11.1. The monoisotopic (exact) mass is 218 g/mol. The lowest BCUT2D eigenvalue weighted by atomic mass is 10.3. The van der Waals surface area contributed by atoms with Gasteiger partial charge < -0.3 is 25.3 Å². The summed E-state index contributed by atoms with van der Waals surface area (Å²) in [6.45, 7) is 2.35. The van der Waals surface area contributed by atoms with Crippen LogP contribution in [0.5, 0.6) is 0 Å². The van der Waals surface area contributed by atoms with Crippen molar-refractivity contribution in [2.45, 2.75) is 12.1 Å². The molecular formula is C9H18N2O4. The Bertz CT molecular complexity index is 195. The maximum atomic E-state index is 11.4. The highest BCUT2D eigenvalue weighted by atomic mass is 16.6. The summed E-state index contributed by atoms with van der Waals surface area (Å²) in [6, 6.07) is -0.625. The number of carbonyl (C=O) groups excluding carboxylic acids is 1. The number of rotatable bonds is 5. The van der Waals surface area contributed by atoms with Crippen molar-refractivity contribution in [2.24, 2.45) is 5.73 Å². The van der Waals surface area contributed by atoms with Gasteiger partial charge in [0, 0.05) is 13.7 Å². The SMILES string of the molecule is COCC(N)C(=O)NCC1COCCO1. The lowest BCUT2D eigenvalue weighted by Crippen LogP contribution is -2.47. The number of hydrogen-bond donors (Lipinski definition) is 2. The van der Waals surface area contributed by atoms with Gasteiger partial charge in [0.1, 0.15) is 6.04 Å². The van der Waals surface area contributed by atoms with E-state index in [4.69, 9.17) is 19.9 Å². The van der Waals surface area contributed by atoms with Gasteiger partial charge >= 0.3 is 0 Å². The summed E-state index contributed by atoms with van der Waals surface area (Å²) in [7, 11) is 1.51. The van der Waals surface area contributed by atoms with Crippen LogP contribution in [0.3, 0.4) is 0 Å². The molecule has 15 heavy (non-hydrogen) atoms. The minimum atomic E-state index is -0.625. The molecule has 1 saturated heterocycles. The molecule has 0 radical (unpaired) electrons. The Hall–Kier alpha value is -0.690. The average molecular weight is 218 g/mol. The summed E-state index contributed by atoms with van der Waals surface area (Å²) in [6.07, 6.45) is -0.0718. The molecule has 1 aliphatic heterocycles. The third-order valence-electron chi connectivity index (χ3n) is 2.07. The first-order chi connectivity index (χ1) is 7.24. The molecule has 0 spiro atoms. The van der Waals surface area contributed by atoms with Crippen LogP contribution in [0.4, 0.5) is 0 Å². The Morgan fingerprint density at radius 2 is 2.47 bits per heavy atom. The average Bonchev–Trinajstić information content (AvgIpc) is 2.27. The number of ether oxygens (including phenoxy) is 3. The first-order valence-electron chi connectivity index (χ1n) is 4.95. The van der Waals surface area contributed by atoms with E-state index in [1.165, 1.54) is 7.11 Å². The van der Waals surface area contributed by atoms with Crippen molar-refractivity contribution in [3.63, 3.8) is 0 Å². The van der Waals surface area contributed by atoms with E-state index in [0.29, 0.717) is 26.4 Å². The zero-order valence-electron chi connectivity index (χ0n) is 8.90. The van der Waals surface area contributed by atoms with Crippen molar-refractivity contribution in [1.29, 1.82) is 0 Å². The molecule has 2 unspecified atom stereocenters. The van der Waals surface area contributed by atoms with Crippen molar-refractivity contribution < 1.29 is 19.0 Å². The second kappa shape index (κ2) is 6.73. The van der Waals surface area contributed by atoms with E-state index in [0.717, 1.165) is 0 Å². The van der Waals surface area contributed by atoms with Crippen LogP contribution in [-0.4, -0.2) is 58.1 Å². The summed E-state index contributed by atoms with van der Waals surface area (Å²) in [4.78, 5) is 11.4. The molecule has 1 heterocycles. The molecule has 3 N–H and O–H groups in total. The predicted molar refractivity (Wildman–Crippen MR) is 53.4 cm³/mol. The largest absolute Gasteiger partial charge is 0.383 e. The molecule has 1 aliphatic rings. The molecule has 1 rings (SSSR count). The standard InChI is InChI=1S/C9H18N2O4/c1-13-6-8(10)9(12)11-4-7-5-14-2-3-15-7/h7-8H,2-6,10H2,1H3,(H,11,12). The molecular weight excluding hydrogens is 200 g/mol. The first kappa shape index (κ1) is 12.4. The number of amides is 1. The van der Waals surface area contributed by atoms with Crippen molar-refractivity contribution >= 4 is 5.91 Å². The number of carbonyl (C=O) groups is 1. The van der Waals surface area contributed by atoms with Crippen LogP contribution in [0.2, 0.25) is 0 Å². The second-order valence-corrected chi connectivity index (χ2v) is 3.37. The van der Waals surface area contributed by atoms with Crippen LogP contribution >= 0.6 is 0 Å². The fourth-order valence-electron chi connectivity index (χ4n) is 1.26. The Balaban J connectivity index is 2.14. The van der Waals surface area contributed by atoms with Gasteiger partial charge in [0.05, 0.1) is 32.5 Å². The van der Waals surface area contributed by atoms with Crippen LogP contribution in [0, 0.1) is 0 Å². The Kier molecular flexibility index (Phi) is 5.56. The summed E-state index contributed by atoms with van der Waals surface area (Å²) in [5.41, 5.74) is 5.53. The van der Waals surface area contributed by atoms with Gasteiger partial charge in [-0.1, -0.05) is 0 Å². The highest BCUT2D eigenvalue weighted by Gasteiger charge is 2.17. The van der Waals surface area contributed by atoms with E-state index in [9.17, 15) is 4.79 Å². The lowest BCUT2D eigenvalue weighted by molar-refractivity contribution is -0.126. The molecule has 1 amide bonds. The zero-order valence-corrected chi connectivity index (χ0v) is 8.90. The second-order valence-electron chi connectivity index (χ2n) is 3.37. The summed E-state index contributed by atoms with van der Waals surface area (Å²) in [5, 5.41) is 2.69. The van der Waals surface area contributed by atoms with Gasteiger partial charge in [0.15, 0.2) is 0 Å². The first-order valence-corrected chi connectivity index (χ1v) is 4.95. The lowest BCUT2D eigenvalue weighted by Gasteiger charge is -2.23.